The molecule has 1 heterocycles. The molecule has 2 aromatic carbocycles. The van der Waals surface area contributed by atoms with E-state index < -0.39 is 17.5 Å². The first kappa shape index (κ1) is 18.2. The number of oxazole rings is 1. The van der Waals surface area contributed by atoms with Gasteiger partial charge in [-0.2, -0.15) is 0 Å². The van der Waals surface area contributed by atoms with Gasteiger partial charge >= 0.3 is 5.76 Å². The van der Waals surface area contributed by atoms with Crippen LogP contribution in [0.5, 0.6) is 11.5 Å². The minimum Gasteiger partial charge on any atom is -0.497 e. The smallest absolute Gasteiger partial charge is 0.419 e. The van der Waals surface area contributed by atoms with Crippen molar-refractivity contribution in [3.63, 3.8) is 0 Å². The van der Waals surface area contributed by atoms with Crippen LogP contribution in [0.25, 0.3) is 11.3 Å². The van der Waals surface area contributed by atoms with Gasteiger partial charge in [0.05, 0.1) is 26.1 Å². The topological polar surface area (TPSA) is 82.7 Å². The third-order valence-electron chi connectivity index (χ3n) is 3.83. The van der Waals surface area contributed by atoms with Crippen LogP contribution >= 0.6 is 0 Å². The molecule has 0 bridgehead atoms. The summed E-state index contributed by atoms with van der Waals surface area (Å²) >= 11 is 0. The molecule has 0 aliphatic heterocycles. The molecule has 0 aliphatic rings. The summed E-state index contributed by atoms with van der Waals surface area (Å²) in [7, 11) is 3.00. The molecule has 0 unspecified atom stereocenters. The molecule has 0 atom stereocenters. The Morgan fingerprint density at radius 1 is 1.15 bits per heavy atom. The minimum absolute atomic E-state index is 0.245. The molecular formula is C19H17FN2O5. The highest BCUT2D eigenvalue weighted by atomic mass is 19.1. The molecule has 0 spiro atoms. The monoisotopic (exact) mass is 372 g/mol. The van der Waals surface area contributed by atoms with Gasteiger partial charge in [0.25, 0.3) is 0 Å². The number of rotatable bonds is 6. The van der Waals surface area contributed by atoms with E-state index in [1.807, 2.05) is 0 Å². The number of ether oxygens (including phenoxy) is 2. The molecule has 140 valence electrons. The second-order valence-corrected chi connectivity index (χ2v) is 5.61. The Morgan fingerprint density at radius 3 is 2.56 bits per heavy atom. The van der Waals surface area contributed by atoms with Crippen molar-refractivity contribution < 1.29 is 23.1 Å². The number of nitrogens with one attached hydrogen (secondary N) is 1. The molecule has 0 saturated heterocycles. The largest absolute Gasteiger partial charge is 0.497 e. The fourth-order valence-electron chi connectivity index (χ4n) is 2.48. The first-order chi connectivity index (χ1) is 13.0. The van der Waals surface area contributed by atoms with Gasteiger partial charge in [0.15, 0.2) is 5.76 Å². The Hall–Kier alpha value is -3.55. The van der Waals surface area contributed by atoms with Crippen molar-refractivity contribution in [2.75, 3.05) is 19.5 Å². The molecule has 3 rings (SSSR count). The number of hydrogen-bond donors (Lipinski definition) is 1. The van der Waals surface area contributed by atoms with Gasteiger partial charge in [-0.05, 0) is 36.4 Å². The van der Waals surface area contributed by atoms with Crippen molar-refractivity contribution in [2.24, 2.45) is 0 Å². The van der Waals surface area contributed by atoms with E-state index in [2.05, 4.69) is 5.32 Å². The first-order valence-corrected chi connectivity index (χ1v) is 7.98. The summed E-state index contributed by atoms with van der Waals surface area (Å²) in [6.45, 7) is -0.251. The number of benzene rings is 2. The summed E-state index contributed by atoms with van der Waals surface area (Å²) < 4.78 is 29.6. The van der Waals surface area contributed by atoms with E-state index in [4.69, 9.17) is 13.9 Å². The van der Waals surface area contributed by atoms with Crippen molar-refractivity contribution in [3.8, 4) is 22.8 Å². The zero-order valence-corrected chi connectivity index (χ0v) is 14.7. The van der Waals surface area contributed by atoms with Crippen LogP contribution in [0.1, 0.15) is 0 Å². The summed E-state index contributed by atoms with van der Waals surface area (Å²) in [5.41, 5.74) is 0.975. The van der Waals surface area contributed by atoms with Crippen LogP contribution in [0.15, 0.2) is 57.9 Å². The molecule has 7 nitrogen and oxygen atoms in total. The quantitative estimate of drug-likeness (QED) is 0.719. The van der Waals surface area contributed by atoms with E-state index in [1.54, 1.807) is 18.2 Å². The highest BCUT2D eigenvalue weighted by Crippen LogP contribution is 2.29. The zero-order valence-electron chi connectivity index (χ0n) is 14.7. The summed E-state index contributed by atoms with van der Waals surface area (Å²) in [6, 6.07) is 10.4. The van der Waals surface area contributed by atoms with E-state index in [0.29, 0.717) is 22.7 Å². The number of aromatic nitrogens is 1. The Balaban J connectivity index is 1.75. The minimum atomic E-state index is -0.689. The van der Waals surface area contributed by atoms with Crippen molar-refractivity contribution in [2.45, 2.75) is 6.54 Å². The maximum Gasteiger partial charge on any atom is 0.419 e. The molecule has 0 fully saturated rings. The van der Waals surface area contributed by atoms with E-state index >= 15 is 0 Å². The Bertz CT molecular complexity index is 1010. The lowest BCUT2D eigenvalue weighted by atomic mass is 10.2. The molecule has 27 heavy (non-hydrogen) atoms. The first-order valence-electron chi connectivity index (χ1n) is 7.98. The normalized spacial score (nSPS) is 10.5. The highest BCUT2D eigenvalue weighted by Gasteiger charge is 2.13. The van der Waals surface area contributed by atoms with Crippen molar-refractivity contribution in [1.29, 1.82) is 0 Å². The molecule has 0 aliphatic carbocycles. The Labute approximate surface area is 153 Å². The molecule has 3 aromatic rings. The SMILES string of the molecule is COc1ccc(NC(=O)Cn2cc(-c3ccc(F)cc3)oc2=O)c(OC)c1. The fraction of sp³-hybridized carbons (Fsp3) is 0.158. The standard InChI is InChI=1S/C19H17FN2O5/c1-25-14-7-8-15(16(9-14)26-2)21-18(23)11-22-10-17(27-19(22)24)12-3-5-13(20)6-4-12/h3-10H,11H2,1-2H3,(H,21,23). The number of nitrogens with zero attached hydrogens (tertiary/aromatic N) is 1. The average Bonchev–Trinajstić information content (AvgIpc) is 3.03. The maximum absolute atomic E-state index is 13.0. The van der Waals surface area contributed by atoms with E-state index in [0.717, 1.165) is 4.57 Å². The number of carbonyl (C=O) groups is 1. The summed E-state index contributed by atoms with van der Waals surface area (Å²) in [4.78, 5) is 24.3. The van der Waals surface area contributed by atoms with Gasteiger partial charge in [0.2, 0.25) is 5.91 Å². The predicted octanol–water partition coefficient (Wildman–Crippen LogP) is 2.90. The third kappa shape index (κ3) is 4.17. The van der Waals surface area contributed by atoms with Crippen LogP contribution < -0.4 is 20.5 Å². The van der Waals surface area contributed by atoms with Gasteiger partial charge in [0, 0.05) is 11.6 Å². The van der Waals surface area contributed by atoms with E-state index in [9.17, 15) is 14.0 Å². The van der Waals surface area contributed by atoms with Gasteiger partial charge in [-0.1, -0.05) is 0 Å². The number of carbonyl (C=O) groups excluding carboxylic acids is 1. The van der Waals surface area contributed by atoms with Crippen molar-refractivity contribution in [1.82, 2.24) is 4.57 Å². The fourth-order valence-corrected chi connectivity index (χ4v) is 2.48. The van der Waals surface area contributed by atoms with Gasteiger partial charge < -0.3 is 19.2 Å². The van der Waals surface area contributed by atoms with Crippen LogP contribution in [0.4, 0.5) is 10.1 Å². The predicted molar refractivity (Wildman–Crippen MR) is 96.5 cm³/mol. The third-order valence-corrected chi connectivity index (χ3v) is 3.83. The highest BCUT2D eigenvalue weighted by molar-refractivity contribution is 5.92. The van der Waals surface area contributed by atoms with Crippen LogP contribution in [0, 0.1) is 5.82 Å². The molecule has 1 aromatic heterocycles. The number of methoxy groups -OCH3 is 2. The Kier molecular flexibility index (Phi) is 5.25. The lowest BCUT2D eigenvalue weighted by Crippen LogP contribution is -2.24. The molecule has 0 radical (unpaired) electrons. The van der Waals surface area contributed by atoms with Crippen LogP contribution in [-0.4, -0.2) is 24.7 Å². The van der Waals surface area contributed by atoms with Crippen LogP contribution in [-0.2, 0) is 11.3 Å². The van der Waals surface area contributed by atoms with E-state index in [1.165, 1.54) is 44.7 Å². The molecule has 0 saturated carbocycles. The van der Waals surface area contributed by atoms with Crippen LogP contribution in [0.3, 0.4) is 0 Å². The summed E-state index contributed by atoms with van der Waals surface area (Å²) in [5.74, 6) is -0.268. The Morgan fingerprint density at radius 2 is 1.89 bits per heavy atom. The van der Waals surface area contributed by atoms with E-state index in [-0.39, 0.29) is 12.3 Å². The zero-order chi connectivity index (χ0) is 19.4. The molecule has 8 heteroatoms. The lowest BCUT2D eigenvalue weighted by molar-refractivity contribution is -0.116. The number of anilines is 1. The van der Waals surface area contributed by atoms with Gasteiger partial charge in [-0.3, -0.25) is 9.36 Å². The van der Waals surface area contributed by atoms with Gasteiger partial charge in [0.1, 0.15) is 23.9 Å². The van der Waals surface area contributed by atoms with Gasteiger partial charge in [-0.15, -0.1) is 0 Å². The number of halogens is 1. The molecular weight excluding hydrogens is 355 g/mol. The number of amides is 1. The molecule has 1 N–H and O–H groups in total. The summed E-state index contributed by atoms with van der Waals surface area (Å²) in [6.07, 6.45) is 1.40. The maximum atomic E-state index is 13.0. The van der Waals surface area contributed by atoms with Gasteiger partial charge in [-0.25, -0.2) is 9.18 Å². The number of hydrogen-bond acceptors (Lipinski definition) is 5. The average molecular weight is 372 g/mol. The summed E-state index contributed by atoms with van der Waals surface area (Å²) in [5, 5.41) is 2.67. The second kappa shape index (κ2) is 7.77. The molecule has 1 amide bonds. The van der Waals surface area contributed by atoms with Crippen molar-refractivity contribution in [3.05, 3.63) is 65.0 Å². The van der Waals surface area contributed by atoms with Crippen LogP contribution in [0.2, 0.25) is 0 Å². The second-order valence-electron chi connectivity index (χ2n) is 5.61. The van der Waals surface area contributed by atoms with Crippen molar-refractivity contribution >= 4 is 11.6 Å². The lowest BCUT2D eigenvalue weighted by Gasteiger charge is -2.11.